The highest BCUT2D eigenvalue weighted by atomic mass is 32.2. The van der Waals surface area contributed by atoms with Crippen LogP contribution in [0.2, 0.25) is 0 Å². The zero-order valence-corrected chi connectivity index (χ0v) is 15.6. The van der Waals surface area contributed by atoms with Crippen LogP contribution >= 0.6 is 11.8 Å². The number of fused-ring (bicyclic) bond motifs is 1. The molecule has 0 fully saturated rings. The van der Waals surface area contributed by atoms with E-state index < -0.39 is 17.9 Å². The van der Waals surface area contributed by atoms with Crippen molar-refractivity contribution in [1.82, 2.24) is 5.32 Å². The Morgan fingerprint density at radius 1 is 1.00 bits per heavy atom. The highest BCUT2D eigenvalue weighted by Gasteiger charge is 2.17. The van der Waals surface area contributed by atoms with Gasteiger partial charge in [0.2, 0.25) is 0 Å². The Morgan fingerprint density at radius 2 is 1.74 bits per heavy atom. The van der Waals surface area contributed by atoms with Gasteiger partial charge in [-0.3, -0.25) is 9.59 Å². The van der Waals surface area contributed by atoms with E-state index in [-0.39, 0.29) is 6.54 Å². The van der Waals surface area contributed by atoms with Gasteiger partial charge in [-0.2, -0.15) is 0 Å². The van der Waals surface area contributed by atoms with Gasteiger partial charge in [0.25, 0.3) is 0 Å². The standard InChI is InChI=1S/C21H20N2O3S/c1-27-16-9-5-8-15(12-16)23-21(26)20(25)22-13-19(24)18-11-4-7-14-6-2-3-10-17(14)18/h2-12,19,24H,13H2,1H3,(H,22,25)(H,23,26)/t19-/m1/s1. The van der Waals surface area contributed by atoms with Crippen LogP contribution in [-0.4, -0.2) is 29.7 Å². The van der Waals surface area contributed by atoms with Crippen molar-refractivity contribution in [3.05, 3.63) is 72.3 Å². The molecule has 3 aromatic rings. The van der Waals surface area contributed by atoms with Crippen LogP contribution in [-0.2, 0) is 9.59 Å². The van der Waals surface area contributed by atoms with Crippen LogP contribution in [0.3, 0.4) is 0 Å². The van der Waals surface area contributed by atoms with Crippen molar-refractivity contribution in [1.29, 1.82) is 0 Å². The first-order valence-electron chi connectivity index (χ1n) is 8.47. The molecule has 2 amide bonds. The maximum absolute atomic E-state index is 12.1. The fraction of sp³-hybridized carbons (Fsp3) is 0.143. The summed E-state index contributed by atoms with van der Waals surface area (Å²) < 4.78 is 0. The number of rotatable bonds is 5. The number of carbonyl (C=O) groups excluding carboxylic acids is 2. The van der Waals surface area contributed by atoms with Crippen LogP contribution in [0.15, 0.2) is 71.6 Å². The van der Waals surface area contributed by atoms with Gasteiger partial charge in [0, 0.05) is 17.1 Å². The molecule has 138 valence electrons. The number of amides is 2. The summed E-state index contributed by atoms with van der Waals surface area (Å²) in [7, 11) is 0. The Morgan fingerprint density at radius 3 is 2.56 bits per heavy atom. The van der Waals surface area contributed by atoms with Crippen LogP contribution in [0, 0.1) is 0 Å². The fourth-order valence-electron chi connectivity index (χ4n) is 2.81. The Labute approximate surface area is 161 Å². The fourth-order valence-corrected chi connectivity index (χ4v) is 3.27. The van der Waals surface area contributed by atoms with Gasteiger partial charge < -0.3 is 15.7 Å². The minimum atomic E-state index is -0.910. The van der Waals surface area contributed by atoms with Gasteiger partial charge in [-0.1, -0.05) is 48.5 Å². The molecule has 3 rings (SSSR count). The second-order valence-electron chi connectivity index (χ2n) is 5.98. The summed E-state index contributed by atoms with van der Waals surface area (Å²) in [6, 6.07) is 20.6. The molecule has 0 heterocycles. The molecule has 0 radical (unpaired) electrons. The van der Waals surface area contributed by atoms with Crippen molar-refractivity contribution >= 4 is 40.0 Å². The van der Waals surface area contributed by atoms with E-state index in [4.69, 9.17) is 0 Å². The molecule has 0 aliphatic carbocycles. The zero-order valence-electron chi connectivity index (χ0n) is 14.8. The summed E-state index contributed by atoms with van der Waals surface area (Å²) in [6.07, 6.45) is 1.02. The molecule has 0 aliphatic heterocycles. The monoisotopic (exact) mass is 380 g/mol. The number of hydrogen-bond donors (Lipinski definition) is 3. The predicted molar refractivity (Wildman–Crippen MR) is 109 cm³/mol. The predicted octanol–water partition coefficient (Wildman–Crippen LogP) is 3.35. The summed E-state index contributed by atoms with van der Waals surface area (Å²) in [5.41, 5.74) is 1.26. The molecule has 3 N–H and O–H groups in total. The Bertz CT molecular complexity index is 969. The number of nitrogens with one attached hydrogen (secondary N) is 2. The molecular formula is C21H20N2O3S. The molecule has 1 atom stereocenters. The number of aliphatic hydroxyl groups is 1. The van der Waals surface area contributed by atoms with E-state index in [1.54, 1.807) is 23.9 Å². The minimum absolute atomic E-state index is 0.0505. The van der Waals surface area contributed by atoms with Gasteiger partial charge in [0.15, 0.2) is 0 Å². The second-order valence-corrected chi connectivity index (χ2v) is 6.86. The van der Waals surface area contributed by atoms with E-state index in [2.05, 4.69) is 10.6 Å². The maximum atomic E-state index is 12.1. The second kappa shape index (κ2) is 8.70. The summed E-state index contributed by atoms with van der Waals surface area (Å²) in [5.74, 6) is -1.55. The largest absolute Gasteiger partial charge is 0.387 e. The van der Waals surface area contributed by atoms with Crippen molar-refractivity contribution in [2.75, 3.05) is 18.1 Å². The average Bonchev–Trinajstić information content (AvgIpc) is 2.71. The molecule has 3 aromatic carbocycles. The van der Waals surface area contributed by atoms with Gasteiger partial charge in [0.1, 0.15) is 0 Å². The maximum Gasteiger partial charge on any atom is 0.313 e. The summed E-state index contributed by atoms with van der Waals surface area (Å²) in [6.45, 7) is -0.0505. The smallest absolute Gasteiger partial charge is 0.313 e. The van der Waals surface area contributed by atoms with E-state index in [0.29, 0.717) is 11.3 Å². The molecule has 27 heavy (non-hydrogen) atoms. The molecular weight excluding hydrogens is 360 g/mol. The topological polar surface area (TPSA) is 78.4 Å². The third-order valence-electron chi connectivity index (χ3n) is 4.17. The Balaban J connectivity index is 1.61. The number of anilines is 1. The first-order chi connectivity index (χ1) is 13.1. The highest BCUT2D eigenvalue weighted by molar-refractivity contribution is 7.98. The molecule has 0 saturated carbocycles. The van der Waals surface area contributed by atoms with Crippen LogP contribution in [0.5, 0.6) is 0 Å². The van der Waals surface area contributed by atoms with Crippen molar-refractivity contribution in [3.8, 4) is 0 Å². The number of hydrogen-bond acceptors (Lipinski definition) is 4. The third kappa shape index (κ3) is 4.67. The van der Waals surface area contributed by atoms with E-state index in [1.165, 1.54) is 0 Å². The van der Waals surface area contributed by atoms with Gasteiger partial charge in [-0.05, 0) is 40.8 Å². The van der Waals surface area contributed by atoms with Crippen LogP contribution in [0.1, 0.15) is 11.7 Å². The third-order valence-corrected chi connectivity index (χ3v) is 4.90. The van der Waals surface area contributed by atoms with Gasteiger partial charge in [0.05, 0.1) is 6.10 Å². The lowest BCUT2D eigenvalue weighted by Crippen LogP contribution is -2.37. The molecule has 5 nitrogen and oxygen atoms in total. The lowest BCUT2D eigenvalue weighted by molar-refractivity contribution is -0.136. The first-order valence-corrected chi connectivity index (χ1v) is 9.70. The van der Waals surface area contributed by atoms with Gasteiger partial charge in [-0.25, -0.2) is 0 Å². The molecule has 0 spiro atoms. The molecule has 0 aromatic heterocycles. The first kappa shape index (κ1) is 18.9. The van der Waals surface area contributed by atoms with Crippen molar-refractivity contribution in [2.24, 2.45) is 0 Å². The van der Waals surface area contributed by atoms with Gasteiger partial charge >= 0.3 is 11.8 Å². The molecule has 0 saturated heterocycles. The molecule has 6 heteroatoms. The normalized spacial score (nSPS) is 11.8. The average molecular weight is 380 g/mol. The number of thioether (sulfide) groups is 1. The van der Waals surface area contributed by atoms with E-state index in [0.717, 1.165) is 15.7 Å². The van der Waals surface area contributed by atoms with E-state index in [1.807, 2.05) is 60.9 Å². The Hall–Kier alpha value is -2.83. The number of aliphatic hydroxyl groups excluding tert-OH is 1. The quantitative estimate of drug-likeness (QED) is 0.469. The lowest BCUT2D eigenvalue weighted by atomic mass is 10.0. The van der Waals surface area contributed by atoms with Gasteiger partial charge in [-0.15, -0.1) is 11.8 Å². The number of carbonyl (C=O) groups is 2. The SMILES string of the molecule is CSc1cccc(NC(=O)C(=O)NC[C@@H](O)c2cccc3ccccc23)c1. The van der Waals surface area contributed by atoms with E-state index >= 15 is 0 Å². The highest BCUT2D eigenvalue weighted by Crippen LogP contribution is 2.24. The lowest BCUT2D eigenvalue weighted by Gasteiger charge is -2.14. The molecule has 0 aliphatic rings. The van der Waals surface area contributed by atoms with Crippen molar-refractivity contribution < 1.29 is 14.7 Å². The number of benzene rings is 3. The van der Waals surface area contributed by atoms with Crippen molar-refractivity contribution in [3.63, 3.8) is 0 Å². The minimum Gasteiger partial charge on any atom is -0.387 e. The van der Waals surface area contributed by atoms with Crippen LogP contribution < -0.4 is 10.6 Å². The molecule has 0 unspecified atom stereocenters. The summed E-state index contributed by atoms with van der Waals surface area (Å²) in [4.78, 5) is 25.1. The van der Waals surface area contributed by atoms with Crippen LogP contribution in [0.4, 0.5) is 5.69 Å². The zero-order chi connectivity index (χ0) is 19.2. The van der Waals surface area contributed by atoms with Crippen molar-refractivity contribution in [2.45, 2.75) is 11.0 Å². The summed E-state index contributed by atoms with van der Waals surface area (Å²) in [5, 5.41) is 17.4. The summed E-state index contributed by atoms with van der Waals surface area (Å²) >= 11 is 1.55. The Kier molecular flexibility index (Phi) is 6.11. The molecule has 0 bridgehead atoms. The van der Waals surface area contributed by atoms with Crippen LogP contribution in [0.25, 0.3) is 10.8 Å². The van der Waals surface area contributed by atoms with E-state index in [9.17, 15) is 14.7 Å².